The van der Waals surface area contributed by atoms with Crippen LogP contribution in [0.3, 0.4) is 0 Å². The van der Waals surface area contributed by atoms with Crippen LogP contribution in [-0.2, 0) is 0 Å². The first-order valence-corrected chi connectivity index (χ1v) is 6.11. The van der Waals surface area contributed by atoms with Gasteiger partial charge >= 0.3 is 0 Å². The molecule has 0 unspecified atom stereocenters. The van der Waals surface area contributed by atoms with Gasteiger partial charge in [0.2, 0.25) is 0 Å². The maximum Gasteiger partial charge on any atom is 0.164 e. The van der Waals surface area contributed by atoms with Crippen LogP contribution in [0, 0.1) is 0 Å². The van der Waals surface area contributed by atoms with Gasteiger partial charge in [0.05, 0.1) is 0 Å². The summed E-state index contributed by atoms with van der Waals surface area (Å²) in [5, 5.41) is 3.92. The first-order chi connectivity index (χ1) is 7.74. The molecule has 2 nitrogen and oxygen atoms in total. The summed E-state index contributed by atoms with van der Waals surface area (Å²) in [6, 6.07) is 7.05. The number of ketones is 1. The lowest BCUT2D eigenvalue weighted by Gasteiger charge is -2.03. The number of rotatable bonds is 7. The minimum atomic E-state index is 0. The van der Waals surface area contributed by atoms with E-state index >= 15 is 0 Å². The number of nitrogens with one attached hydrogen (secondary N) is 1. The second-order valence-corrected chi connectivity index (χ2v) is 4.22. The van der Waals surface area contributed by atoms with E-state index in [1.54, 1.807) is 24.3 Å². The van der Waals surface area contributed by atoms with E-state index in [9.17, 15) is 4.79 Å². The number of halogens is 2. The molecule has 0 aliphatic heterocycles. The predicted octanol–water partition coefficient (Wildman–Crippen LogP) is 3.72. The van der Waals surface area contributed by atoms with Gasteiger partial charge in [-0.05, 0) is 37.2 Å². The molecule has 0 saturated carbocycles. The highest BCUT2D eigenvalue weighted by Crippen LogP contribution is 2.10. The maximum atomic E-state index is 11.7. The highest BCUT2D eigenvalue weighted by Gasteiger charge is 2.04. The molecule has 4 heteroatoms. The van der Waals surface area contributed by atoms with Gasteiger partial charge in [0.15, 0.2) is 5.78 Å². The number of carbonyl (C=O) groups is 1. The number of hydrogen-bond donors (Lipinski definition) is 1. The molecule has 0 spiro atoms. The molecule has 96 valence electrons. The number of unbranched alkanes of at least 4 members (excludes halogenated alkanes) is 1. The van der Waals surface area contributed by atoms with E-state index in [4.69, 9.17) is 11.6 Å². The van der Waals surface area contributed by atoms with Crippen molar-refractivity contribution in [2.24, 2.45) is 0 Å². The standard InChI is InChI=1S/C13H18ClNO.ClH/c1-2-3-9-15-10-8-13(16)11-4-6-12(14)7-5-11;/h4-7,15H,2-3,8-10H2,1H3;1H. The average molecular weight is 276 g/mol. The van der Waals surface area contributed by atoms with Crippen molar-refractivity contribution < 1.29 is 4.79 Å². The first-order valence-electron chi connectivity index (χ1n) is 5.73. The van der Waals surface area contributed by atoms with Crippen molar-refractivity contribution in [1.82, 2.24) is 5.32 Å². The summed E-state index contributed by atoms with van der Waals surface area (Å²) < 4.78 is 0. The third kappa shape index (κ3) is 6.67. The van der Waals surface area contributed by atoms with Gasteiger partial charge in [0.1, 0.15) is 0 Å². The van der Waals surface area contributed by atoms with E-state index in [-0.39, 0.29) is 18.2 Å². The zero-order valence-corrected chi connectivity index (χ0v) is 11.6. The van der Waals surface area contributed by atoms with Crippen molar-refractivity contribution in [3.05, 3.63) is 34.9 Å². The van der Waals surface area contributed by atoms with Gasteiger partial charge in [-0.1, -0.05) is 24.9 Å². The van der Waals surface area contributed by atoms with Gasteiger partial charge in [0, 0.05) is 23.6 Å². The molecule has 0 amide bonds. The highest BCUT2D eigenvalue weighted by atomic mass is 35.5. The third-order valence-electron chi connectivity index (χ3n) is 2.40. The number of benzene rings is 1. The lowest BCUT2D eigenvalue weighted by molar-refractivity contribution is 0.0982. The smallest absolute Gasteiger partial charge is 0.164 e. The van der Waals surface area contributed by atoms with Crippen LogP contribution in [0.1, 0.15) is 36.5 Å². The monoisotopic (exact) mass is 275 g/mol. The van der Waals surface area contributed by atoms with Crippen LogP contribution in [0.25, 0.3) is 0 Å². The first kappa shape index (κ1) is 16.4. The van der Waals surface area contributed by atoms with E-state index in [0.717, 1.165) is 25.1 Å². The van der Waals surface area contributed by atoms with Crippen LogP contribution >= 0.6 is 24.0 Å². The quantitative estimate of drug-likeness (QED) is 0.607. The zero-order valence-electron chi connectivity index (χ0n) is 10.0. The average Bonchev–Trinajstić information content (AvgIpc) is 2.29. The second-order valence-electron chi connectivity index (χ2n) is 3.78. The van der Waals surface area contributed by atoms with E-state index in [1.165, 1.54) is 6.42 Å². The molecule has 1 rings (SSSR count). The number of carbonyl (C=O) groups excluding carboxylic acids is 1. The highest BCUT2D eigenvalue weighted by molar-refractivity contribution is 6.30. The molecule has 17 heavy (non-hydrogen) atoms. The van der Waals surface area contributed by atoms with E-state index in [2.05, 4.69) is 12.2 Å². The van der Waals surface area contributed by atoms with Gasteiger partial charge in [-0.2, -0.15) is 0 Å². The van der Waals surface area contributed by atoms with Crippen molar-refractivity contribution in [2.75, 3.05) is 13.1 Å². The van der Waals surface area contributed by atoms with Crippen molar-refractivity contribution >= 4 is 29.8 Å². The van der Waals surface area contributed by atoms with Crippen LogP contribution in [0.2, 0.25) is 5.02 Å². The Labute approximate surface area is 114 Å². The summed E-state index contributed by atoms with van der Waals surface area (Å²) >= 11 is 5.75. The summed E-state index contributed by atoms with van der Waals surface area (Å²) in [6.07, 6.45) is 2.89. The zero-order chi connectivity index (χ0) is 11.8. The summed E-state index contributed by atoms with van der Waals surface area (Å²) in [5.74, 6) is 0.167. The minimum absolute atomic E-state index is 0. The Hall–Kier alpha value is -0.570. The fourth-order valence-electron chi connectivity index (χ4n) is 1.41. The Morgan fingerprint density at radius 1 is 1.24 bits per heavy atom. The molecule has 0 aliphatic carbocycles. The van der Waals surface area contributed by atoms with Crippen LogP contribution < -0.4 is 5.32 Å². The van der Waals surface area contributed by atoms with Crippen LogP contribution in [-0.4, -0.2) is 18.9 Å². The van der Waals surface area contributed by atoms with Gasteiger partial charge < -0.3 is 5.32 Å². The molecule has 0 fully saturated rings. The SMILES string of the molecule is CCCCNCCC(=O)c1ccc(Cl)cc1.Cl. The Morgan fingerprint density at radius 2 is 1.88 bits per heavy atom. The van der Waals surface area contributed by atoms with Gasteiger partial charge in [-0.3, -0.25) is 4.79 Å². The minimum Gasteiger partial charge on any atom is -0.316 e. The topological polar surface area (TPSA) is 29.1 Å². The second kappa shape index (κ2) is 9.46. The predicted molar refractivity (Wildman–Crippen MR) is 75.4 cm³/mol. The Morgan fingerprint density at radius 3 is 2.47 bits per heavy atom. The largest absolute Gasteiger partial charge is 0.316 e. The number of hydrogen-bond acceptors (Lipinski definition) is 2. The molecule has 1 aromatic rings. The Balaban J connectivity index is 0.00000256. The molecule has 0 aromatic heterocycles. The summed E-state index contributed by atoms with van der Waals surface area (Å²) in [5.41, 5.74) is 0.738. The van der Waals surface area contributed by atoms with Crippen molar-refractivity contribution in [1.29, 1.82) is 0 Å². The summed E-state index contributed by atoms with van der Waals surface area (Å²) in [4.78, 5) is 11.7. The lowest BCUT2D eigenvalue weighted by atomic mass is 10.1. The van der Waals surface area contributed by atoms with Crippen LogP contribution in [0.15, 0.2) is 24.3 Å². The van der Waals surface area contributed by atoms with Gasteiger partial charge in [-0.25, -0.2) is 0 Å². The maximum absolute atomic E-state index is 11.7. The molecular formula is C13H19Cl2NO. The number of Topliss-reactive ketones (excluding diaryl/α,β-unsaturated/α-hetero) is 1. The van der Waals surface area contributed by atoms with Gasteiger partial charge in [0.25, 0.3) is 0 Å². The van der Waals surface area contributed by atoms with Crippen molar-refractivity contribution in [3.63, 3.8) is 0 Å². The molecule has 0 atom stereocenters. The van der Waals surface area contributed by atoms with Crippen LogP contribution in [0.5, 0.6) is 0 Å². The normalized spacial score (nSPS) is 9.76. The van der Waals surface area contributed by atoms with Crippen LogP contribution in [0.4, 0.5) is 0 Å². The molecule has 1 aromatic carbocycles. The fourth-order valence-corrected chi connectivity index (χ4v) is 1.53. The molecule has 0 aliphatic rings. The Bertz CT molecular complexity index is 325. The molecular weight excluding hydrogens is 257 g/mol. The summed E-state index contributed by atoms with van der Waals surface area (Å²) in [7, 11) is 0. The van der Waals surface area contributed by atoms with E-state index < -0.39 is 0 Å². The fraction of sp³-hybridized carbons (Fsp3) is 0.462. The molecule has 0 saturated heterocycles. The van der Waals surface area contributed by atoms with E-state index in [0.29, 0.717) is 11.4 Å². The summed E-state index contributed by atoms with van der Waals surface area (Å²) in [6.45, 7) is 3.90. The van der Waals surface area contributed by atoms with Crippen molar-refractivity contribution in [2.45, 2.75) is 26.2 Å². The van der Waals surface area contributed by atoms with E-state index in [1.807, 2.05) is 0 Å². The lowest BCUT2D eigenvalue weighted by Crippen LogP contribution is -2.19. The molecule has 0 heterocycles. The molecule has 1 N–H and O–H groups in total. The molecule has 0 radical (unpaired) electrons. The van der Waals surface area contributed by atoms with Crippen molar-refractivity contribution in [3.8, 4) is 0 Å². The van der Waals surface area contributed by atoms with Gasteiger partial charge in [-0.15, -0.1) is 12.4 Å². The Kier molecular flexibility index (Phi) is 9.14. The third-order valence-corrected chi connectivity index (χ3v) is 2.65. The molecule has 0 bridgehead atoms.